The van der Waals surface area contributed by atoms with Gasteiger partial charge in [0.25, 0.3) is 0 Å². The van der Waals surface area contributed by atoms with Gasteiger partial charge in [-0.1, -0.05) is 26.7 Å². The second kappa shape index (κ2) is 5.31. The van der Waals surface area contributed by atoms with E-state index in [0.29, 0.717) is 11.0 Å². The molecule has 0 aromatic rings. The van der Waals surface area contributed by atoms with Gasteiger partial charge in [0.2, 0.25) is 0 Å². The van der Waals surface area contributed by atoms with Crippen molar-refractivity contribution >= 4 is 0 Å². The van der Waals surface area contributed by atoms with Crippen LogP contribution >= 0.6 is 0 Å². The molecule has 90 valence electrons. The molecule has 1 fully saturated rings. The van der Waals surface area contributed by atoms with E-state index >= 15 is 0 Å². The smallest absolute Gasteiger partial charge is 0.0153 e. The van der Waals surface area contributed by atoms with Crippen LogP contribution in [0.1, 0.15) is 59.3 Å². The lowest BCUT2D eigenvalue weighted by Gasteiger charge is -2.35. The van der Waals surface area contributed by atoms with Crippen LogP contribution in [0.2, 0.25) is 0 Å². The summed E-state index contributed by atoms with van der Waals surface area (Å²) in [5.41, 5.74) is 6.64. The molecule has 1 rings (SSSR count). The molecule has 0 amide bonds. The normalized spacial score (nSPS) is 20.8. The van der Waals surface area contributed by atoms with E-state index in [9.17, 15) is 0 Å². The molecule has 0 radical (unpaired) electrons. The summed E-state index contributed by atoms with van der Waals surface area (Å²) < 4.78 is 0. The SMILES string of the molecule is CCC(CC)(CN)CNC1(C)CCCC1. The van der Waals surface area contributed by atoms with Crippen molar-refractivity contribution in [2.24, 2.45) is 11.1 Å². The molecule has 1 aliphatic carbocycles. The third-order valence-electron chi connectivity index (χ3n) is 4.53. The molecule has 0 bridgehead atoms. The maximum absolute atomic E-state index is 5.92. The van der Waals surface area contributed by atoms with Crippen LogP contribution in [0.15, 0.2) is 0 Å². The van der Waals surface area contributed by atoms with E-state index in [1.54, 1.807) is 0 Å². The molecule has 0 aromatic carbocycles. The first kappa shape index (κ1) is 13.0. The highest BCUT2D eigenvalue weighted by atomic mass is 15.0. The van der Waals surface area contributed by atoms with Gasteiger partial charge in [-0.25, -0.2) is 0 Å². The Bertz CT molecular complexity index is 171. The Morgan fingerprint density at radius 1 is 1.20 bits per heavy atom. The van der Waals surface area contributed by atoms with Crippen molar-refractivity contribution in [3.63, 3.8) is 0 Å². The van der Waals surface area contributed by atoms with Gasteiger partial charge in [-0.2, -0.15) is 0 Å². The molecule has 0 heterocycles. The summed E-state index contributed by atoms with van der Waals surface area (Å²) in [6.45, 7) is 8.78. The summed E-state index contributed by atoms with van der Waals surface area (Å²) >= 11 is 0. The van der Waals surface area contributed by atoms with Gasteiger partial charge in [0.05, 0.1) is 0 Å². The van der Waals surface area contributed by atoms with Gasteiger partial charge in [-0.3, -0.25) is 0 Å². The molecule has 0 aromatic heterocycles. The van der Waals surface area contributed by atoms with E-state index in [0.717, 1.165) is 13.1 Å². The van der Waals surface area contributed by atoms with Crippen molar-refractivity contribution in [2.75, 3.05) is 13.1 Å². The van der Waals surface area contributed by atoms with Gasteiger partial charge in [0.15, 0.2) is 0 Å². The van der Waals surface area contributed by atoms with Gasteiger partial charge in [0, 0.05) is 12.1 Å². The fourth-order valence-electron chi connectivity index (χ4n) is 2.59. The zero-order valence-electron chi connectivity index (χ0n) is 10.7. The first-order chi connectivity index (χ1) is 7.10. The molecule has 0 atom stereocenters. The zero-order valence-corrected chi connectivity index (χ0v) is 10.7. The van der Waals surface area contributed by atoms with E-state index in [1.807, 2.05) is 0 Å². The number of nitrogens with two attached hydrogens (primary N) is 1. The minimum absolute atomic E-state index is 0.325. The van der Waals surface area contributed by atoms with Gasteiger partial charge in [-0.05, 0) is 44.6 Å². The van der Waals surface area contributed by atoms with E-state index in [1.165, 1.54) is 38.5 Å². The van der Waals surface area contributed by atoms with Crippen molar-refractivity contribution in [3.05, 3.63) is 0 Å². The summed E-state index contributed by atoms with van der Waals surface area (Å²) in [6, 6.07) is 0. The predicted octanol–water partition coefficient (Wildman–Crippen LogP) is 2.67. The largest absolute Gasteiger partial charge is 0.330 e. The van der Waals surface area contributed by atoms with Crippen LogP contribution in [0.4, 0.5) is 0 Å². The Morgan fingerprint density at radius 3 is 2.13 bits per heavy atom. The van der Waals surface area contributed by atoms with Crippen LogP contribution in [-0.2, 0) is 0 Å². The van der Waals surface area contributed by atoms with Crippen molar-refractivity contribution in [1.29, 1.82) is 0 Å². The molecule has 2 heteroatoms. The summed E-state index contributed by atoms with van der Waals surface area (Å²) in [7, 11) is 0. The van der Waals surface area contributed by atoms with Crippen molar-refractivity contribution < 1.29 is 0 Å². The van der Waals surface area contributed by atoms with Gasteiger partial charge in [-0.15, -0.1) is 0 Å². The summed E-state index contributed by atoms with van der Waals surface area (Å²) in [5.74, 6) is 0. The average Bonchev–Trinajstić information content (AvgIpc) is 2.69. The van der Waals surface area contributed by atoms with Crippen molar-refractivity contribution in [1.82, 2.24) is 5.32 Å². The Hall–Kier alpha value is -0.0800. The zero-order chi connectivity index (χ0) is 11.4. The Morgan fingerprint density at radius 2 is 1.73 bits per heavy atom. The topological polar surface area (TPSA) is 38.0 Å². The fraction of sp³-hybridized carbons (Fsp3) is 1.00. The molecular formula is C13H28N2. The van der Waals surface area contributed by atoms with Crippen LogP contribution in [0, 0.1) is 5.41 Å². The maximum atomic E-state index is 5.92. The molecule has 3 N–H and O–H groups in total. The lowest BCUT2D eigenvalue weighted by Crippen LogP contribution is -2.48. The molecular weight excluding hydrogens is 184 g/mol. The molecule has 1 saturated carbocycles. The molecule has 0 unspecified atom stereocenters. The molecule has 15 heavy (non-hydrogen) atoms. The first-order valence-electron chi connectivity index (χ1n) is 6.55. The Balaban J connectivity index is 2.45. The minimum Gasteiger partial charge on any atom is -0.330 e. The van der Waals surface area contributed by atoms with Gasteiger partial charge >= 0.3 is 0 Å². The van der Waals surface area contributed by atoms with Crippen LogP contribution in [0.3, 0.4) is 0 Å². The second-order valence-electron chi connectivity index (χ2n) is 5.53. The molecule has 0 spiro atoms. The third-order valence-corrected chi connectivity index (χ3v) is 4.53. The average molecular weight is 212 g/mol. The fourth-order valence-corrected chi connectivity index (χ4v) is 2.59. The number of nitrogens with one attached hydrogen (secondary N) is 1. The minimum atomic E-state index is 0.325. The van der Waals surface area contributed by atoms with Gasteiger partial charge < -0.3 is 11.1 Å². The predicted molar refractivity (Wildman–Crippen MR) is 66.9 cm³/mol. The standard InChI is InChI=1S/C13H28N2/c1-4-13(5-2,10-14)11-15-12(3)8-6-7-9-12/h15H,4-11,14H2,1-3H3. The molecule has 0 saturated heterocycles. The summed E-state index contributed by atoms with van der Waals surface area (Å²) in [5, 5.41) is 3.77. The van der Waals surface area contributed by atoms with E-state index in [2.05, 4.69) is 26.1 Å². The van der Waals surface area contributed by atoms with Crippen LogP contribution in [0.25, 0.3) is 0 Å². The Kier molecular flexibility index (Phi) is 4.60. The number of hydrogen-bond acceptors (Lipinski definition) is 2. The molecule has 2 nitrogen and oxygen atoms in total. The quantitative estimate of drug-likeness (QED) is 0.710. The molecule has 1 aliphatic rings. The van der Waals surface area contributed by atoms with E-state index in [-0.39, 0.29) is 0 Å². The van der Waals surface area contributed by atoms with E-state index in [4.69, 9.17) is 5.73 Å². The van der Waals surface area contributed by atoms with Crippen molar-refractivity contribution in [2.45, 2.75) is 64.8 Å². The highest BCUT2D eigenvalue weighted by Crippen LogP contribution is 2.31. The van der Waals surface area contributed by atoms with Crippen LogP contribution in [0.5, 0.6) is 0 Å². The highest BCUT2D eigenvalue weighted by Gasteiger charge is 2.32. The second-order valence-corrected chi connectivity index (χ2v) is 5.53. The number of rotatable bonds is 6. The Labute approximate surface area is 95.0 Å². The maximum Gasteiger partial charge on any atom is 0.0153 e. The highest BCUT2D eigenvalue weighted by molar-refractivity contribution is 4.91. The summed E-state index contributed by atoms with van der Waals surface area (Å²) in [4.78, 5) is 0. The lowest BCUT2D eigenvalue weighted by atomic mass is 9.81. The molecule has 0 aliphatic heterocycles. The lowest BCUT2D eigenvalue weighted by molar-refractivity contribution is 0.219. The third kappa shape index (κ3) is 3.18. The first-order valence-corrected chi connectivity index (χ1v) is 6.55. The van der Waals surface area contributed by atoms with Crippen LogP contribution < -0.4 is 11.1 Å². The van der Waals surface area contributed by atoms with Gasteiger partial charge in [0.1, 0.15) is 0 Å². The number of hydrogen-bond donors (Lipinski definition) is 2. The summed E-state index contributed by atoms with van der Waals surface area (Å²) in [6.07, 6.45) is 7.81. The monoisotopic (exact) mass is 212 g/mol. The van der Waals surface area contributed by atoms with Crippen molar-refractivity contribution in [3.8, 4) is 0 Å². The van der Waals surface area contributed by atoms with Crippen LogP contribution in [-0.4, -0.2) is 18.6 Å². The van der Waals surface area contributed by atoms with E-state index < -0.39 is 0 Å².